The predicted molar refractivity (Wildman–Crippen MR) is 255 cm³/mol. The van der Waals surface area contributed by atoms with E-state index in [4.69, 9.17) is 4.74 Å². The molecule has 0 aromatic carbocycles. The second kappa shape index (κ2) is 49.0. The standard InChI is InChI=1S/C53H101NO5/c1-3-5-7-9-11-13-15-17-18-23-27-31-35-39-43-47-53(58)59-48-44-40-36-32-28-24-20-19-22-26-30-34-38-42-46-52(57)54-50(49-55)51(56)45-41-37-33-29-25-21-16-14-12-10-8-6-4-2/h17-18,41,45,50-51,55-56H,3-16,19-40,42-44,46-49H2,1-2H3,(H,54,57)/b18-17-,45-41+. The molecule has 0 aliphatic heterocycles. The monoisotopic (exact) mass is 832 g/mol. The lowest BCUT2D eigenvalue weighted by Crippen LogP contribution is -2.45. The van der Waals surface area contributed by atoms with Gasteiger partial charge in [-0.3, -0.25) is 9.59 Å². The molecular formula is C53H101NO5. The molecule has 3 N–H and O–H groups in total. The number of esters is 1. The molecule has 0 bridgehead atoms. The van der Waals surface area contributed by atoms with Gasteiger partial charge >= 0.3 is 5.97 Å². The summed E-state index contributed by atoms with van der Waals surface area (Å²) in [6, 6.07) is -0.635. The number of amides is 1. The Kier molecular flexibility index (Phi) is 47.6. The number of allylic oxidation sites excluding steroid dienone is 3. The minimum Gasteiger partial charge on any atom is -0.466 e. The largest absolute Gasteiger partial charge is 0.466 e. The van der Waals surface area contributed by atoms with Gasteiger partial charge in [0.1, 0.15) is 0 Å². The zero-order valence-corrected chi connectivity index (χ0v) is 39.5. The predicted octanol–water partition coefficient (Wildman–Crippen LogP) is 15.5. The number of carbonyl (C=O) groups is 2. The highest BCUT2D eigenvalue weighted by atomic mass is 16.5. The number of nitrogens with one attached hydrogen (secondary N) is 1. The summed E-state index contributed by atoms with van der Waals surface area (Å²) in [5.74, 6) is -0.0907. The van der Waals surface area contributed by atoms with Crippen molar-refractivity contribution >= 4 is 11.9 Å². The number of hydrogen-bond acceptors (Lipinski definition) is 5. The van der Waals surface area contributed by atoms with E-state index in [0.717, 1.165) is 57.8 Å². The highest BCUT2D eigenvalue weighted by molar-refractivity contribution is 5.76. The molecule has 0 heterocycles. The third-order valence-corrected chi connectivity index (χ3v) is 12.0. The summed E-state index contributed by atoms with van der Waals surface area (Å²) in [5.41, 5.74) is 0. The fourth-order valence-electron chi connectivity index (χ4n) is 7.92. The van der Waals surface area contributed by atoms with E-state index in [9.17, 15) is 19.8 Å². The molecule has 0 radical (unpaired) electrons. The molecular weight excluding hydrogens is 731 g/mol. The first-order valence-corrected chi connectivity index (χ1v) is 26.1. The summed E-state index contributed by atoms with van der Waals surface area (Å²) in [6.07, 6.45) is 57.4. The Bertz CT molecular complexity index is 920. The first-order chi connectivity index (χ1) is 29.0. The maximum atomic E-state index is 12.4. The van der Waals surface area contributed by atoms with Gasteiger partial charge in [0.25, 0.3) is 0 Å². The van der Waals surface area contributed by atoms with Gasteiger partial charge in [0.05, 0.1) is 25.4 Å². The van der Waals surface area contributed by atoms with Crippen LogP contribution in [0.25, 0.3) is 0 Å². The molecule has 348 valence electrons. The van der Waals surface area contributed by atoms with Gasteiger partial charge in [0, 0.05) is 12.8 Å². The van der Waals surface area contributed by atoms with Crippen molar-refractivity contribution in [2.24, 2.45) is 0 Å². The third-order valence-electron chi connectivity index (χ3n) is 12.0. The van der Waals surface area contributed by atoms with Gasteiger partial charge in [-0.05, 0) is 57.8 Å². The van der Waals surface area contributed by atoms with Crippen molar-refractivity contribution in [1.29, 1.82) is 0 Å². The molecule has 0 aromatic heterocycles. The molecule has 0 aromatic rings. The zero-order chi connectivity index (χ0) is 43.0. The minimum absolute atomic E-state index is 0.0116. The molecule has 0 saturated carbocycles. The van der Waals surface area contributed by atoms with E-state index in [0.29, 0.717) is 19.4 Å². The van der Waals surface area contributed by atoms with Crippen LogP contribution in [0.3, 0.4) is 0 Å². The number of aliphatic hydroxyl groups excluding tert-OH is 2. The van der Waals surface area contributed by atoms with E-state index >= 15 is 0 Å². The summed E-state index contributed by atoms with van der Waals surface area (Å²) in [4.78, 5) is 24.4. The van der Waals surface area contributed by atoms with Crippen LogP contribution >= 0.6 is 0 Å². The van der Waals surface area contributed by atoms with Crippen LogP contribution in [-0.4, -0.2) is 47.4 Å². The van der Waals surface area contributed by atoms with Crippen LogP contribution in [0, 0.1) is 0 Å². The SMILES string of the molecule is CCCCCCCC/C=C\CCCCCCCC(=O)OCCCCCCCCCCCCCCCCC(=O)NC(CO)C(O)/C=C/CCCCCCCCCCCCC. The number of unbranched alkanes of at least 4 members (excludes halogenated alkanes) is 35. The van der Waals surface area contributed by atoms with E-state index in [2.05, 4.69) is 31.3 Å². The highest BCUT2D eigenvalue weighted by Gasteiger charge is 2.18. The molecule has 0 fully saturated rings. The number of rotatable bonds is 48. The highest BCUT2D eigenvalue weighted by Crippen LogP contribution is 2.16. The summed E-state index contributed by atoms with van der Waals surface area (Å²) in [6.45, 7) is 4.87. The third kappa shape index (κ3) is 45.7. The summed E-state index contributed by atoms with van der Waals surface area (Å²) >= 11 is 0. The normalized spacial score (nSPS) is 12.8. The molecule has 2 unspecified atom stereocenters. The molecule has 6 nitrogen and oxygen atoms in total. The van der Waals surface area contributed by atoms with E-state index in [1.165, 1.54) is 193 Å². The maximum absolute atomic E-state index is 12.4. The number of ether oxygens (including phenoxy) is 1. The Balaban J connectivity index is 3.47. The molecule has 0 spiro atoms. The Hall–Kier alpha value is -1.66. The van der Waals surface area contributed by atoms with Crippen LogP contribution in [0.5, 0.6) is 0 Å². The fraction of sp³-hybridized carbons (Fsp3) is 0.887. The topological polar surface area (TPSA) is 95.9 Å². The first kappa shape index (κ1) is 57.3. The van der Waals surface area contributed by atoms with Crippen LogP contribution in [-0.2, 0) is 14.3 Å². The van der Waals surface area contributed by atoms with Crippen LogP contribution in [0.2, 0.25) is 0 Å². The lowest BCUT2D eigenvalue weighted by atomic mass is 10.0. The summed E-state index contributed by atoms with van der Waals surface area (Å²) < 4.78 is 5.46. The van der Waals surface area contributed by atoms with Crippen molar-refractivity contribution in [2.75, 3.05) is 13.2 Å². The minimum atomic E-state index is -0.850. The number of hydrogen-bond donors (Lipinski definition) is 3. The van der Waals surface area contributed by atoms with Crippen molar-refractivity contribution in [1.82, 2.24) is 5.32 Å². The molecule has 2 atom stereocenters. The van der Waals surface area contributed by atoms with Crippen molar-refractivity contribution in [3.05, 3.63) is 24.3 Å². The Morgan fingerprint density at radius 2 is 0.797 bits per heavy atom. The Labute approximate surface area is 367 Å². The van der Waals surface area contributed by atoms with Crippen LogP contribution in [0.15, 0.2) is 24.3 Å². The van der Waals surface area contributed by atoms with Crippen molar-refractivity contribution in [3.8, 4) is 0 Å². The van der Waals surface area contributed by atoms with Gasteiger partial charge in [0.2, 0.25) is 5.91 Å². The second-order valence-corrected chi connectivity index (χ2v) is 17.9. The van der Waals surface area contributed by atoms with E-state index in [-0.39, 0.29) is 18.5 Å². The second-order valence-electron chi connectivity index (χ2n) is 17.9. The van der Waals surface area contributed by atoms with Gasteiger partial charge in [-0.25, -0.2) is 0 Å². The number of carbonyl (C=O) groups excluding carboxylic acids is 2. The smallest absolute Gasteiger partial charge is 0.305 e. The average Bonchev–Trinajstić information content (AvgIpc) is 3.24. The van der Waals surface area contributed by atoms with Crippen molar-refractivity contribution < 1.29 is 24.5 Å². The molecule has 0 saturated heterocycles. The molecule has 0 aliphatic rings. The van der Waals surface area contributed by atoms with Gasteiger partial charge < -0.3 is 20.3 Å². The quantitative estimate of drug-likeness (QED) is 0.0322. The Morgan fingerprint density at radius 1 is 0.458 bits per heavy atom. The molecule has 59 heavy (non-hydrogen) atoms. The van der Waals surface area contributed by atoms with Crippen LogP contribution < -0.4 is 5.32 Å². The molecule has 0 aliphatic carbocycles. The first-order valence-electron chi connectivity index (χ1n) is 26.1. The molecule has 6 heteroatoms. The average molecular weight is 832 g/mol. The van der Waals surface area contributed by atoms with Crippen molar-refractivity contribution in [3.63, 3.8) is 0 Å². The lowest BCUT2D eigenvalue weighted by Gasteiger charge is -2.20. The van der Waals surface area contributed by atoms with Crippen LogP contribution in [0.1, 0.15) is 277 Å². The molecule has 0 rings (SSSR count). The van der Waals surface area contributed by atoms with Crippen LogP contribution in [0.4, 0.5) is 0 Å². The summed E-state index contributed by atoms with van der Waals surface area (Å²) in [5, 5.41) is 23.0. The fourth-order valence-corrected chi connectivity index (χ4v) is 7.92. The molecule has 1 amide bonds. The van der Waals surface area contributed by atoms with Crippen molar-refractivity contribution in [2.45, 2.75) is 289 Å². The lowest BCUT2D eigenvalue weighted by molar-refractivity contribution is -0.143. The van der Waals surface area contributed by atoms with Gasteiger partial charge in [-0.1, -0.05) is 231 Å². The maximum Gasteiger partial charge on any atom is 0.305 e. The van der Waals surface area contributed by atoms with Gasteiger partial charge in [-0.15, -0.1) is 0 Å². The Morgan fingerprint density at radius 3 is 1.20 bits per heavy atom. The van der Waals surface area contributed by atoms with Gasteiger partial charge in [0.15, 0.2) is 0 Å². The van der Waals surface area contributed by atoms with E-state index in [1.807, 2.05) is 6.08 Å². The summed E-state index contributed by atoms with van der Waals surface area (Å²) in [7, 11) is 0. The van der Waals surface area contributed by atoms with E-state index in [1.54, 1.807) is 6.08 Å². The number of aliphatic hydroxyl groups is 2. The van der Waals surface area contributed by atoms with E-state index < -0.39 is 12.1 Å². The van der Waals surface area contributed by atoms with Gasteiger partial charge in [-0.2, -0.15) is 0 Å². The zero-order valence-electron chi connectivity index (χ0n) is 39.5.